The van der Waals surface area contributed by atoms with Crippen molar-refractivity contribution in [2.45, 2.75) is 32.6 Å². The molecule has 1 aromatic rings. The van der Waals surface area contributed by atoms with Crippen molar-refractivity contribution in [3.05, 3.63) is 23.8 Å². The Morgan fingerprint density at radius 2 is 1.90 bits per heavy atom. The van der Waals surface area contributed by atoms with Crippen LogP contribution in [0.2, 0.25) is 0 Å². The average Bonchev–Trinajstić information content (AvgIpc) is 2.40. The van der Waals surface area contributed by atoms with E-state index in [2.05, 4.69) is 10.1 Å². The predicted octanol–water partition coefficient (Wildman–Crippen LogP) is 3.11. The molecule has 0 spiro atoms. The highest BCUT2D eigenvalue weighted by Gasteiger charge is 2.27. The fourth-order valence-corrected chi connectivity index (χ4v) is 1.53. The summed E-state index contributed by atoms with van der Waals surface area (Å²) < 4.78 is 50.6. The van der Waals surface area contributed by atoms with Gasteiger partial charge in [-0.15, -0.1) is 0 Å². The van der Waals surface area contributed by atoms with Crippen molar-refractivity contribution in [2.75, 3.05) is 20.5 Å². The van der Waals surface area contributed by atoms with E-state index in [0.717, 1.165) is 5.56 Å². The Labute approximate surface area is 122 Å². The first-order valence-corrected chi connectivity index (χ1v) is 6.49. The number of rotatable bonds is 8. The molecule has 7 heteroatoms. The zero-order valence-corrected chi connectivity index (χ0v) is 12.3. The zero-order valence-electron chi connectivity index (χ0n) is 12.3. The van der Waals surface area contributed by atoms with Crippen LogP contribution in [0.4, 0.5) is 13.2 Å². The molecule has 0 amide bonds. The third-order valence-corrected chi connectivity index (χ3v) is 2.51. The van der Waals surface area contributed by atoms with Crippen LogP contribution >= 0.6 is 0 Å². The number of methoxy groups -OCH3 is 1. The Balaban J connectivity index is 2.59. The number of halogens is 3. The van der Waals surface area contributed by atoms with Crippen molar-refractivity contribution in [1.29, 1.82) is 0 Å². The topological polar surface area (TPSA) is 39.7 Å². The summed E-state index contributed by atoms with van der Waals surface area (Å²) in [6.45, 7) is 2.83. The first kappa shape index (κ1) is 17.6. The Bertz CT molecular complexity index is 436. The average molecular weight is 307 g/mol. The smallest absolute Gasteiger partial charge is 0.411 e. The highest BCUT2D eigenvalue weighted by atomic mass is 19.4. The van der Waals surface area contributed by atoms with Gasteiger partial charge in [0.25, 0.3) is 0 Å². The van der Waals surface area contributed by atoms with Crippen LogP contribution in [0.3, 0.4) is 0 Å². The summed E-state index contributed by atoms with van der Waals surface area (Å²) in [6.07, 6.45) is -4.36. The fourth-order valence-electron chi connectivity index (χ4n) is 1.53. The van der Waals surface area contributed by atoms with Crippen LogP contribution in [0.5, 0.6) is 11.5 Å². The van der Waals surface area contributed by atoms with Gasteiger partial charge in [-0.25, -0.2) is 0 Å². The molecule has 0 aromatic heterocycles. The summed E-state index contributed by atoms with van der Waals surface area (Å²) in [5, 5.41) is 3.24. The lowest BCUT2D eigenvalue weighted by atomic mass is 10.2. The summed E-state index contributed by atoms with van der Waals surface area (Å²) in [7, 11) is 1.46. The van der Waals surface area contributed by atoms with Crippen molar-refractivity contribution in [3.63, 3.8) is 0 Å². The highest BCUT2D eigenvalue weighted by Crippen LogP contribution is 2.28. The van der Waals surface area contributed by atoms with Crippen molar-refractivity contribution in [3.8, 4) is 11.5 Å². The maximum atomic E-state index is 12.0. The number of hydrogen-bond donors (Lipinski definition) is 1. The number of ether oxygens (including phenoxy) is 3. The standard InChI is InChI=1S/C14H20F3NO3/c1-10(2)18-7-11-4-5-12(19-3)13(6-11)21-9-20-8-14(15,16)17/h4-6,10,18H,7-9H2,1-3H3. The van der Waals surface area contributed by atoms with Gasteiger partial charge in [-0.1, -0.05) is 19.9 Å². The van der Waals surface area contributed by atoms with Gasteiger partial charge in [0.15, 0.2) is 18.3 Å². The molecule has 0 aliphatic rings. The number of hydrogen-bond acceptors (Lipinski definition) is 4. The number of benzene rings is 1. The van der Waals surface area contributed by atoms with Crippen LogP contribution < -0.4 is 14.8 Å². The SMILES string of the molecule is COc1ccc(CNC(C)C)cc1OCOCC(F)(F)F. The van der Waals surface area contributed by atoms with E-state index in [4.69, 9.17) is 9.47 Å². The molecule has 1 N–H and O–H groups in total. The minimum Gasteiger partial charge on any atom is -0.493 e. The van der Waals surface area contributed by atoms with Gasteiger partial charge in [0.1, 0.15) is 6.61 Å². The van der Waals surface area contributed by atoms with Crippen LogP contribution in [0.15, 0.2) is 18.2 Å². The van der Waals surface area contributed by atoms with Gasteiger partial charge in [-0.05, 0) is 17.7 Å². The normalized spacial score (nSPS) is 11.8. The van der Waals surface area contributed by atoms with Crippen molar-refractivity contribution in [1.82, 2.24) is 5.32 Å². The maximum absolute atomic E-state index is 12.0. The molecule has 0 unspecified atom stereocenters. The molecule has 0 saturated heterocycles. The van der Waals surface area contributed by atoms with Crippen LogP contribution in [0.1, 0.15) is 19.4 Å². The van der Waals surface area contributed by atoms with Gasteiger partial charge >= 0.3 is 6.18 Å². The van der Waals surface area contributed by atoms with Gasteiger partial charge in [0.2, 0.25) is 0 Å². The zero-order chi connectivity index (χ0) is 15.9. The Hall–Kier alpha value is -1.47. The molecule has 0 atom stereocenters. The lowest BCUT2D eigenvalue weighted by Gasteiger charge is -2.14. The molecule has 0 radical (unpaired) electrons. The first-order chi connectivity index (χ1) is 9.81. The lowest BCUT2D eigenvalue weighted by molar-refractivity contribution is -0.186. The van der Waals surface area contributed by atoms with E-state index in [1.54, 1.807) is 12.1 Å². The molecule has 120 valence electrons. The Morgan fingerprint density at radius 1 is 1.19 bits per heavy atom. The molecular weight excluding hydrogens is 287 g/mol. The highest BCUT2D eigenvalue weighted by molar-refractivity contribution is 5.42. The summed E-state index contributed by atoms with van der Waals surface area (Å²) >= 11 is 0. The predicted molar refractivity (Wildman–Crippen MR) is 72.5 cm³/mol. The van der Waals surface area contributed by atoms with Gasteiger partial charge in [-0.2, -0.15) is 13.2 Å². The summed E-state index contributed by atoms with van der Waals surface area (Å²) in [6, 6.07) is 5.60. The molecule has 0 aliphatic heterocycles. The Kier molecular flexibility index (Phi) is 6.77. The summed E-state index contributed by atoms with van der Waals surface area (Å²) in [5.41, 5.74) is 0.940. The van der Waals surface area contributed by atoms with E-state index in [9.17, 15) is 13.2 Å². The van der Waals surface area contributed by atoms with Crippen LogP contribution in [-0.4, -0.2) is 32.7 Å². The van der Waals surface area contributed by atoms with E-state index in [-0.39, 0.29) is 0 Å². The molecule has 1 rings (SSSR count). The quantitative estimate of drug-likeness (QED) is 0.592. The van der Waals surface area contributed by atoms with Gasteiger partial charge in [-0.3, -0.25) is 0 Å². The van der Waals surface area contributed by atoms with Crippen molar-refractivity contribution in [2.24, 2.45) is 0 Å². The minimum absolute atomic E-state index is 0.326. The molecule has 21 heavy (non-hydrogen) atoms. The molecule has 0 heterocycles. The van der Waals surface area contributed by atoms with E-state index in [1.807, 2.05) is 19.9 Å². The molecular formula is C14H20F3NO3. The van der Waals surface area contributed by atoms with Crippen molar-refractivity contribution < 1.29 is 27.4 Å². The fraction of sp³-hybridized carbons (Fsp3) is 0.571. The molecule has 4 nitrogen and oxygen atoms in total. The number of nitrogens with one attached hydrogen (secondary N) is 1. The summed E-state index contributed by atoms with van der Waals surface area (Å²) in [5.74, 6) is 0.793. The second-order valence-corrected chi connectivity index (χ2v) is 4.75. The Morgan fingerprint density at radius 3 is 2.48 bits per heavy atom. The van der Waals surface area contributed by atoms with Crippen LogP contribution in [0.25, 0.3) is 0 Å². The van der Waals surface area contributed by atoms with Gasteiger partial charge < -0.3 is 19.5 Å². The van der Waals surface area contributed by atoms with E-state index in [0.29, 0.717) is 24.1 Å². The van der Waals surface area contributed by atoms with Crippen LogP contribution in [-0.2, 0) is 11.3 Å². The lowest BCUT2D eigenvalue weighted by Crippen LogP contribution is -2.22. The molecule has 0 fully saturated rings. The second-order valence-electron chi connectivity index (χ2n) is 4.75. The van der Waals surface area contributed by atoms with Gasteiger partial charge in [0.05, 0.1) is 7.11 Å². The van der Waals surface area contributed by atoms with E-state index >= 15 is 0 Å². The van der Waals surface area contributed by atoms with Gasteiger partial charge in [0, 0.05) is 12.6 Å². The monoisotopic (exact) mass is 307 g/mol. The van der Waals surface area contributed by atoms with Crippen LogP contribution in [0, 0.1) is 0 Å². The molecule has 0 bridgehead atoms. The number of alkyl halides is 3. The minimum atomic E-state index is -4.36. The third kappa shape index (κ3) is 7.19. The largest absolute Gasteiger partial charge is 0.493 e. The first-order valence-electron chi connectivity index (χ1n) is 6.49. The summed E-state index contributed by atoms with van der Waals surface area (Å²) in [4.78, 5) is 0. The van der Waals surface area contributed by atoms with E-state index in [1.165, 1.54) is 7.11 Å². The van der Waals surface area contributed by atoms with E-state index < -0.39 is 19.6 Å². The third-order valence-electron chi connectivity index (χ3n) is 2.51. The molecule has 1 aromatic carbocycles. The molecule has 0 saturated carbocycles. The van der Waals surface area contributed by atoms with Crippen molar-refractivity contribution >= 4 is 0 Å². The molecule has 0 aliphatic carbocycles. The maximum Gasteiger partial charge on any atom is 0.411 e. The second kappa shape index (κ2) is 8.09.